The number of rotatable bonds is 0. The van der Waals surface area contributed by atoms with Crippen molar-refractivity contribution in [2.75, 3.05) is 5.75 Å². The highest BCUT2D eigenvalue weighted by Crippen LogP contribution is 2.41. The van der Waals surface area contributed by atoms with Crippen LogP contribution in [0.5, 0.6) is 0 Å². The lowest BCUT2D eigenvalue weighted by atomic mass is 9.94. The Hall–Kier alpha value is -0.870. The molecule has 2 heterocycles. The van der Waals surface area contributed by atoms with Crippen molar-refractivity contribution in [3.8, 4) is 0 Å². The molecule has 0 saturated heterocycles. The monoisotopic (exact) mass is 222 g/mol. The highest BCUT2D eigenvalue weighted by Gasteiger charge is 2.35. The van der Waals surface area contributed by atoms with Crippen LogP contribution in [-0.4, -0.2) is 17.3 Å². The number of carbonyl (C=O) groups excluding carboxylic acids is 2. The molecule has 1 aromatic heterocycles. The summed E-state index contributed by atoms with van der Waals surface area (Å²) < 4.78 is 0. The van der Waals surface area contributed by atoms with E-state index in [1.165, 1.54) is 23.1 Å². The maximum Gasteiger partial charge on any atom is 0.210 e. The molecule has 0 saturated carbocycles. The first-order valence-corrected chi connectivity index (χ1v) is 6.18. The molecule has 1 aromatic rings. The zero-order valence-electron chi connectivity index (χ0n) is 7.20. The SMILES string of the molecule is O=C1C2=C(SCC2)C(=O)c2sccc21. The number of allylic oxidation sites excluding steroid dienone is 2. The fraction of sp³-hybridized carbons (Fsp3) is 0.200. The quantitative estimate of drug-likeness (QED) is 0.676. The molecule has 0 atom stereocenters. The zero-order chi connectivity index (χ0) is 9.71. The highest BCUT2D eigenvalue weighted by molar-refractivity contribution is 8.04. The summed E-state index contributed by atoms with van der Waals surface area (Å²) in [6, 6.07) is 1.76. The zero-order valence-corrected chi connectivity index (χ0v) is 8.83. The van der Waals surface area contributed by atoms with E-state index in [2.05, 4.69) is 0 Å². The van der Waals surface area contributed by atoms with Gasteiger partial charge in [0.15, 0.2) is 5.78 Å². The number of hydrogen-bond donors (Lipinski definition) is 0. The molecule has 70 valence electrons. The van der Waals surface area contributed by atoms with E-state index in [4.69, 9.17) is 0 Å². The smallest absolute Gasteiger partial charge is 0.210 e. The molecular formula is C10H6O2S2. The summed E-state index contributed by atoms with van der Waals surface area (Å²) in [7, 11) is 0. The summed E-state index contributed by atoms with van der Waals surface area (Å²) in [5.41, 5.74) is 1.35. The van der Waals surface area contributed by atoms with E-state index in [0.717, 1.165) is 17.7 Å². The van der Waals surface area contributed by atoms with Crippen LogP contribution in [0, 0.1) is 0 Å². The van der Waals surface area contributed by atoms with Gasteiger partial charge in [0.2, 0.25) is 5.78 Å². The van der Waals surface area contributed by atoms with Gasteiger partial charge in [-0.3, -0.25) is 9.59 Å². The Morgan fingerprint density at radius 1 is 1.21 bits per heavy atom. The van der Waals surface area contributed by atoms with E-state index >= 15 is 0 Å². The fourth-order valence-electron chi connectivity index (χ4n) is 1.80. The molecule has 1 aliphatic carbocycles. The minimum atomic E-state index is 0.0621. The molecule has 0 fully saturated rings. The minimum absolute atomic E-state index is 0.0621. The maximum absolute atomic E-state index is 11.9. The molecule has 1 aliphatic heterocycles. The predicted octanol–water partition coefficient (Wildman–Crippen LogP) is 2.52. The third-order valence-electron chi connectivity index (χ3n) is 2.47. The fourth-order valence-corrected chi connectivity index (χ4v) is 3.82. The molecule has 0 N–H and O–H groups in total. The first kappa shape index (κ1) is 8.44. The van der Waals surface area contributed by atoms with Crippen molar-refractivity contribution in [2.45, 2.75) is 6.42 Å². The number of hydrogen-bond acceptors (Lipinski definition) is 4. The Morgan fingerprint density at radius 3 is 2.93 bits per heavy atom. The molecule has 0 radical (unpaired) electrons. The highest BCUT2D eigenvalue weighted by atomic mass is 32.2. The molecule has 0 amide bonds. The molecule has 4 heteroatoms. The largest absolute Gasteiger partial charge is 0.289 e. The number of ketones is 2. The summed E-state index contributed by atoms with van der Waals surface area (Å²) >= 11 is 2.89. The van der Waals surface area contributed by atoms with Crippen LogP contribution in [0.4, 0.5) is 0 Å². The lowest BCUT2D eigenvalue weighted by Gasteiger charge is -2.10. The van der Waals surface area contributed by atoms with Gasteiger partial charge in [-0.05, 0) is 17.9 Å². The van der Waals surface area contributed by atoms with Crippen LogP contribution in [0.1, 0.15) is 26.5 Å². The van der Waals surface area contributed by atoms with Crippen LogP contribution in [0.25, 0.3) is 0 Å². The van der Waals surface area contributed by atoms with Gasteiger partial charge < -0.3 is 0 Å². The van der Waals surface area contributed by atoms with Gasteiger partial charge in [0, 0.05) is 16.9 Å². The Bertz CT molecular complexity index is 442. The van der Waals surface area contributed by atoms with Crippen molar-refractivity contribution in [1.82, 2.24) is 0 Å². The van der Waals surface area contributed by atoms with E-state index in [9.17, 15) is 9.59 Å². The van der Waals surface area contributed by atoms with Gasteiger partial charge in [-0.25, -0.2) is 0 Å². The summed E-state index contributed by atoms with van der Waals surface area (Å²) in [4.78, 5) is 25.1. The van der Waals surface area contributed by atoms with Crippen LogP contribution >= 0.6 is 23.1 Å². The lowest BCUT2D eigenvalue weighted by molar-refractivity contribution is 0.0984. The Morgan fingerprint density at radius 2 is 2.07 bits per heavy atom. The van der Waals surface area contributed by atoms with E-state index in [1.54, 1.807) is 6.07 Å². The second kappa shape index (κ2) is 2.81. The van der Waals surface area contributed by atoms with Crippen molar-refractivity contribution in [1.29, 1.82) is 0 Å². The van der Waals surface area contributed by atoms with Crippen molar-refractivity contribution >= 4 is 34.7 Å². The van der Waals surface area contributed by atoms with Crippen molar-refractivity contribution in [3.63, 3.8) is 0 Å². The van der Waals surface area contributed by atoms with E-state index in [-0.39, 0.29) is 11.6 Å². The second-order valence-electron chi connectivity index (χ2n) is 3.23. The van der Waals surface area contributed by atoms with Crippen LogP contribution in [0.2, 0.25) is 0 Å². The molecular weight excluding hydrogens is 216 g/mol. The summed E-state index contributed by atoms with van der Waals surface area (Å²) in [5, 5.41) is 1.81. The normalized spacial score (nSPS) is 20.0. The third-order valence-corrected chi connectivity index (χ3v) is 4.51. The number of thiophene rings is 1. The molecule has 2 aliphatic rings. The number of thioether (sulfide) groups is 1. The van der Waals surface area contributed by atoms with Crippen LogP contribution in [-0.2, 0) is 0 Å². The van der Waals surface area contributed by atoms with E-state index in [1.807, 2.05) is 5.38 Å². The summed E-state index contributed by atoms with van der Waals surface area (Å²) in [6.45, 7) is 0. The van der Waals surface area contributed by atoms with Crippen LogP contribution in [0.15, 0.2) is 21.9 Å². The molecule has 0 aromatic carbocycles. The number of Topliss-reactive ketones (excluding diaryl/α,β-unsaturated/α-hetero) is 2. The number of carbonyl (C=O) groups is 2. The molecule has 2 nitrogen and oxygen atoms in total. The van der Waals surface area contributed by atoms with Crippen molar-refractivity contribution in [3.05, 3.63) is 32.4 Å². The van der Waals surface area contributed by atoms with Gasteiger partial charge in [0.05, 0.1) is 9.78 Å². The van der Waals surface area contributed by atoms with Crippen LogP contribution < -0.4 is 0 Å². The molecule has 3 rings (SSSR count). The first-order chi connectivity index (χ1) is 6.79. The van der Waals surface area contributed by atoms with Gasteiger partial charge >= 0.3 is 0 Å². The van der Waals surface area contributed by atoms with Crippen LogP contribution in [0.3, 0.4) is 0 Å². The molecule has 14 heavy (non-hydrogen) atoms. The average molecular weight is 222 g/mol. The second-order valence-corrected chi connectivity index (χ2v) is 5.25. The number of fused-ring (bicyclic) bond motifs is 1. The van der Waals surface area contributed by atoms with E-state index in [0.29, 0.717) is 15.3 Å². The first-order valence-electron chi connectivity index (χ1n) is 4.32. The topological polar surface area (TPSA) is 34.1 Å². The van der Waals surface area contributed by atoms with Gasteiger partial charge in [-0.2, -0.15) is 0 Å². The van der Waals surface area contributed by atoms with E-state index < -0.39 is 0 Å². The lowest BCUT2D eigenvalue weighted by Crippen LogP contribution is -2.15. The maximum atomic E-state index is 11.9. The predicted molar refractivity (Wildman–Crippen MR) is 57.1 cm³/mol. The van der Waals surface area contributed by atoms with Gasteiger partial charge in [0.1, 0.15) is 0 Å². The van der Waals surface area contributed by atoms with Gasteiger partial charge in [0.25, 0.3) is 0 Å². The summed E-state index contributed by atoms with van der Waals surface area (Å²) in [5.74, 6) is 1.00. The van der Waals surface area contributed by atoms with Gasteiger partial charge in [-0.1, -0.05) is 0 Å². The molecule has 0 unspecified atom stereocenters. The Kier molecular flexibility index (Phi) is 1.69. The Labute approximate surface area is 89.0 Å². The Balaban J connectivity index is 2.26. The van der Waals surface area contributed by atoms with Crippen molar-refractivity contribution < 1.29 is 9.59 Å². The average Bonchev–Trinajstić information content (AvgIpc) is 2.82. The van der Waals surface area contributed by atoms with Gasteiger partial charge in [-0.15, -0.1) is 23.1 Å². The molecule has 0 spiro atoms. The molecule has 0 bridgehead atoms. The van der Waals surface area contributed by atoms with Crippen molar-refractivity contribution in [2.24, 2.45) is 0 Å². The third kappa shape index (κ3) is 0.925. The standard InChI is InChI=1S/C10H6O2S2/c11-7-5-1-3-13-9(5)8(12)10-6(7)2-4-14-10/h1,3H,2,4H2. The summed E-state index contributed by atoms with van der Waals surface area (Å²) in [6.07, 6.45) is 0.750. The minimum Gasteiger partial charge on any atom is -0.289 e.